The summed E-state index contributed by atoms with van der Waals surface area (Å²) in [6.45, 7) is 3.28. The second kappa shape index (κ2) is 6.81. The Balaban J connectivity index is 1.64. The zero-order valence-electron chi connectivity index (χ0n) is 14.3. The zero-order chi connectivity index (χ0) is 17.4. The number of carbonyl (C=O) groups is 1. The number of para-hydroxylation sites is 1. The van der Waals surface area contributed by atoms with E-state index in [0.717, 1.165) is 49.4 Å². The number of benzene rings is 1. The van der Waals surface area contributed by atoms with Gasteiger partial charge < -0.3 is 10.1 Å². The van der Waals surface area contributed by atoms with Gasteiger partial charge in [-0.25, -0.2) is 4.68 Å². The van der Waals surface area contributed by atoms with Gasteiger partial charge in [0.25, 0.3) is 5.91 Å². The number of nitrogens with zero attached hydrogens (tertiary/aromatic N) is 2. The van der Waals surface area contributed by atoms with Crippen LogP contribution in [-0.2, 0) is 4.74 Å². The number of halogens is 1. The third-order valence-corrected chi connectivity index (χ3v) is 5.25. The summed E-state index contributed by atoms with van der Waals surface area (Å²) in [5.74, 6) is 0.319. The van der Waals surface area contributed by atoms with E-state index in [-0.39, 0.29) is 12.0 Å². The molecule has 2 heterocycles. The monoisotopic (exact) mass is 359 g/mol. The van der Waals surface area contributed by atoms with Crippen molar-refractivity contribution >= 4 is 17.5 Å². The quantitative estimate of drug-likeness (QED) is 0.887. The molecular formula is C19H22ClN3O2. The van der Waals surface area contributed by atoms with Gasteiger partial charge >= 0.3 is 0 Å². The lowest BCUT2D eigenvalue weighted by molar-refractivity contribution is 0.0856. The van der Waals surface area contributed by atoms with Crippen LogP contribution in [0.2, 0.25) is 5.02 Å². The predicted octanol–water partition coefficient (Wildman–Crippen LogP) is 3.62. The molecule has 5 nitrogen and oxygen atoms in total. The maximum Gasteiger partial charge on any atom is 0.255 e. The molecule has 4 rings (SSSR count). The van der Waals surface area contributed by atoms with Crippen LogP contribution < -0.4 is 5.32 Å². The van der Waals surface area contributed by atoms with Crippen LogP contribution >= 0.6 is 11.6 Å². The first-order valence-corrected chi connectivity index (χ1v) is 9.27. The average molecular weight is 360 g/mol. The van der Waals surface area contributed by atoms with Crippen LogP contribution in [0, 0.1) is 6.92 Å². The van der Waals surface area contributed by atoms with Crippen LogP contribution in [0.4, 0.5) is 0 Å². The topological polar surface area (TPSA) is 56.1 Å². The maximum absolute atomic E-state index is 12.9. The second-order valence-corrected chi connectivity index (χ2v) is 7.24. The van der Waals surface area contributed by atoms with Crippen LogP contribution in [0.15, 0.2) is 24.3 Å². The van der Waals surface area contributed by atoms with Gasteiger partial charge in [-0.1, -0.05) is 23.7 Å². The van der Waals surface area contributed by atoms with Crippen LogP contribution in [0.5, 0.6) is 0 Å². The van der Waals surface area contributed by atoms with E-state index >= 15 is 0 Å². The van der Waals surface area contributed by atoms with Crippen molar-refractivity contribution in [3.8, 4) is 5.69 Å². The summed E-state index contributed by atoms with van der Waals surface area (Å²) < 4.78 is 7.40. The first-order valence-electron chi connectivity index (χ1n) is 8.89. The summed E-state index contributed by atoms with van der Waals surface area (Å²) in [5, 5.41) is 8.40. The maximum atomic E-state index is 12.9. The second-order valence-electron chi connectivity index (χ2n) is 6.83. The Hall–Kier alpha value is -1.85. The molecule has 1 aliphatic heterocycles. The lowest BCUT2D eigenvalue weighted by atomic mass is 10.1. The Morgan fingerprint density at radius 1 is 1.36 bits per heavy atom. The number of amides is 1. The number of rotatable bonds is 5. The number of carbonyl (C=O) groups excluding carboxylic acids is 1. The van der Waals surface area contributed by atoms with E-state index in [1.165, 1.54) is 0 Å². The zero-order valence-corrected chi connectivity index (χ0v) is 15.1. The van der Waals surface area contributed by atoms with E-state index in [1.807, 2.05) is 31.2 Å². The third kappa shape index (κ3) is 3.31. The van der Waals surface area contributed by atoms with E-state index in [2.05, 4.69) is 5.32 Å². The largest absolute Gasteiger partial charge is 0.376 e. The van der Waals surface area contributed by atoms with Gasteiger partial charge in [-0.15, -0.1) is 0 Å². The van der Waals surface area contributed by atoms with Gasteiger partial charge in [-0.3, -0.25) is 4.79 Å². The summed E-state index contributed by atoms with van der Waals surface area (Å²) in [4.78, 5) is 12.9. The Kier molecular flexibility index (Phi) is 4.52. The molecule has 25 heavy (non-hydrogen) atoms. The fourth-order valence-corrected chi connectivity index (χ4v) is 3.62. The highest BCUT2D eigenvalue weighted by atomic mass is 35.5. The van der Waals surface area contributed by atoms with Gasteiger partial charge in [0.2, 0.25) is 0 Å². The van der Waals surface area contributed by atoms with E-state index in [1.54, 1.807) is 4.68 Å². The smallest absolute Gasteiger partial charge is 0.255 e. The SMILES string of the molecule is Cc1c(C(=O)NC[C@H]2CCCO2)c(C2CC2)nn1-c1ccccc1Cl. The van der Waals surface area contributed by atoms with Crippen molar-refractivity contribution < 1.29 is 9.53 Å². The minimum absolute atomic E-state index is 0.0618. The third-order valence-electron chi connectivity index (χ3n) is 4.93. The van der Waals surface area contributed by atoms with E-state index in [9.17, 15) is 4.79 Å². The molecule has 2 aromatic rings. The van der Waals surface area contributed by atoms with Gasteiger partial charge in [0.05, 0.1) is 33.8 Å². The van der Waals surface area contributed by atoms with E-state index < -0.39 is 0 Å². The molecule has 6 heteroatoms. The molecule has 1 aromatic carbocycles. The molecule has 1 saturated carbocycles. The molecule has 0 radical (unpaired) electrons. The van der Waals surface area contributed by atoms with E-state index in [4.69, 9.17) is 21.4 Å². The van der Waals surface area contributed by atoms with Gasteiger partial charge in [-0.05, 0) is 44.7 Å². The number of nitrogens with one attached hydrogen (secondary N) is 1. The van der Waals surface area contributed by atoms with Crippen molar-refractivity contribution in [1.29, 1.82) is 0 Å². The first-order chi connectivity index (χ1) is 12.1. The average Bonchev–Trinajstić information content (AvgIpc) is 3.21. The molecule has 2 aliphatic rings. The lowest BCUT2D eigenvalue weighted by Crippen LogP contribution is -2.32. The molecule has 0 spiro atoms. The summed E-state index contributed by atoms with van der Waals surface area (Å²) in [5.41, 5.74) is 3.23. The summed E-state index contributed by atoms with van der Waals surface area (Å²) in [6, 6.07) is 7.58. The van der Waals surface area contributed by atoms with E-state index in [0.29, 0.717) is 23.0 Å². The van der Waals surface area contributed by atoms with Crippen molar-refractivity contribution in [2.75, 3.05) is 13.2 Å². The molecule has 1 saturated heterocycles. The number of hydrogen-bond acceptors (Lipinski definition) is 3. The van der Waals surface area contributed by atoms with Crippen LogP contribution in [0.25, 0.3) is 5.69 Å². The number of hydrogen-bond donors (Lipinski definition) is 1. The van der Waals surface area contributed by atoms with Crippen LogP contribution in [0.3, 0.4) is 0 Å². The standard InChI is InChI=1S/C19H22ClN3O2/c1-12-17(19(24)21-11-14-5-4-10-25-14)18(13-8-9-13)22-23(12)16-7-3-2-6-15(16)20/h2-3,6-7,13-14H,4-5,8-11H2,1H3,(H,21,24)/t14-/m1/s1. The minimum Gasteiger partial charge on any atom is -0.376 e. The lowest BCUT2D eigenvalue weighted by Gasteiger charge is -2.11. The van der Waals surface area contributed by atoms with Crippen molar-refractivity contribution in [1.82, 2.24) is 15.1 Å². The van der Waals surface area contributed by atoms with Gasteiger partial charge in [-0.2, -0.15) is 5.10 Å². The molecule has 0 unspecified atom stereocenters. The normalized spacial score (nSPS) is 20.0. The van der Waals surface area contributed by atoms with Gasteiger partial charge in [0, 0.05) is 19.1 Å². The molecule has 2 fully saturated rings. The fraction of sp³-hybridized carbons (Fsp3) is 0.474. The molecule has 1 N–H and O–H groups in total. The fourth-order valence-electron chi connectivity index (χ4n) is 3.41. The molecule has 1 aromatic heterocycles. The summed E-state index contributed by atoms with van der Waals surface area (Å²) in [7, 11) is 0. The Morgan fingerprint density at radius 3 is 2.84 bits per heavy atom. The Morgan fingerprint density at radius 2 is 2.16 bits per heavy atom. The molecule has 0 bridgehead atoms. The minimum atomic E-state index is -0.0618. The highest BCUT2D eigenvalue weighted by Crippen LogP contribution is 2.42. The van der Waals surface area contributed by atoms with Crippen LogP contribution in [0.1, 0.15) is 53.3 Å². The van der Waals surface area contributed by atoms with Gasteiger partial charge in [0.1, 0.15) is 0 Å². The highest BCUT2D eigenvalue weighted by molar-refractivity contribution is 6.32. The Bertz CT molecular complexity index is 792. The summed E-state index contributed by atoms with van der Waals surface area (Å²) >= 11 is 6.34. The van der Waals surface area contributed by atoms with Crippen molar-refractivity contribution in [3.63, 3.8) is 0 Å². The predicted molar refractivity (Wildman–Crippen MR) is 96.6 cm³/mol. The van der Waals surface area contributed by atoms with Crippen molar-refractivity contribution in [2.24, 2.45) is 0 Å². The molecule has 1 aliphatic carbocycles. The van der Waals surface area contributed by atoms with Crippen molar-refractivity contribution in [3.05, 3.63) is 46.2 Å². The molecular weight excluding hydrogens is 338 g/mol. The highest BCUT2D eigenvalue weighted by Gasteiger charge is 2.34. The molecule has 1 atom stereocenters. The molecule has 132 valence electrons. The summed E-state index contributed by atoms with van der Waals surface area (Å²) in [6.07, 6.45) is 4.38. The van der Waals surface area contributed by atoms with Crippen LogP contribution in [-0.4, -0.2) is 34.9 Å². The molecule has 1 amide bonds. The first kappa shape index (κ1) is 16.6. The number of ether oxygens (including phenoxy) is 1. The van der Waals surface area contributed by atoms with Crippen molar-refractivity contribution in [2.45, 2.75) is 44.6 Å². The number of aromatic nitrogens is 2. The van der Waals surface area contributed by atoms with Gasteiger partial charge in [0.15, 0.2) is 0 Å². The Labute approximate surface area is 152 Å².